The summed E-state index contributed by atoms with van der Waals surface area (Å²) in [6.45, 7) is 0.501. The highest BCUT2D eigenvalue weighted by Gasteiger charge is 2.08. The van der Waals surface area contributed by atoms with Gasteiger partial charge in [-0.15, -0.1) is 0 Å². The zero-order chi connectivity index (χ0) is 22.1. The second-order valence-electron chi connectivity index (χ2n) is 6.72. The monoisotopic (exact) mass is 417 g/mol. The Balaban J connectivity index is 1.46. The summed E-state index contributed by atoms with van der Waals surface area (Å²) in [4.78, 5) is 35.8. The molecule has 0 spiro atoms. The molecule has 7 heteroatoms. The van der Waals surface area contributed by atoms with Crippen molar-refractivity contribution in [3.63, 3.8) is 0 Å². The van der Waals surface area contributed by atoms with E-state index in [1.807, 2.05) is 30.3 Å². The normalized spacial score (nSPS) is 10.1. The third-order valence-corrected chi connectivity index (χ3v) is 4.49. The zero-order valence-corrected chi connectivity index (χ0v) is 17.1. The number of carbonyl (C=O) groups is 3. The van der Waals surface area contributed by atoms with Crippen LogP contribution < -0.4 is 16.0 Å². The summed E-state index contributed by atoms with van der Waals surface area (Å²) in [6.07, 6.45) is 0. The Bertz CT molecular complexity index is 1030. The van der Waals surface area contributed by atoms with Gasteiger partial charge in [0.1, 0.15) is 0 Å². The Morgan fingerprint density at radius 1 is 0.774 bits per heavy atom. The van der Waals surface area contributed by atoms with E-state index >= 15 is 0 Å². The fourth-order valence-electron chi connectivity index (χ4n) is 2.81. The van der Waals surface area contributed by atoms with E-state index in [0.29, 0.717) is 29.0 Å². The average molecular weight is 417 g/mol. The molecule has 0 aliphatic rings. The van der Waals surface area contributed by atoms with Gasteiger partial charge in [-0.1, -0.05) is 30.3 Å². The number of amides is 2. The predicted molar refractivity (Wildman–Crippen MR) is 119 cm³/mol. The molecule has 0 saturated carbocycles. The Hall–Kier alpha value is -4.13. The third kappa shape index (κ3) is 6.43. The van der Waals surface area contributed by atoms with Crippen LogP contribution in [-0.2, 0) is 16.1 Å². The predicted octanol–water partition coefficient (Wildman–Crippen LogP) is 3.45. The highest BCUT2D eigenvalue weighted by atomic mass is 16.5. The minimum atomic E-state index is -0.415. The smallest absolute Gasteiger partial charge is 0.337 e. The SMILES string of the molecule is COC(=O)c1ccc(NCC(=O)Nc2ccc(C(=O)NCc3ccccc3)cc2)cc1. The highest BCUT2D eigenvalue weighted by Crippen LogP contribution is 2.12. The molecule has 3 aromatic rings. The van der Waals surface area contributed by atoms with Crippen LogP contribution in [0.3, 0.4) is 0 Å². The molecule has 31 heavy (non-hydrogen) atoms. The van der Waals surface area contributed by atoms with Crippen LogP contribution in [0.25, 0.3) is 0 Å². The van der Waals surface area contributed by atoms with E-state index in [4.69, 9.17) is 0 Å². The molecule has 0 bridgehead atoms. The number of carbonyl (C=O) groups excluding carboxylic acids is 3. The lowest BCUT2D eigenvalue weighted by Gasteiger charge is -2.09. The van der Waals surface area contributed by atoms with Gasteiger partial charge in [-0.05, 0) is 54.1 Å². The van der Waals surface area contributed by atoms with Crippen LogP contribution in [0.1, 0.15) is 26.3 Å². The minimum Gasteiger partial charge on any atom is -0.465 e. The zero-order valence-electron chi connectivity index (χ0n) is 17.1. The van der Waals surface area contributed by atoms with Crippen molar-refractivity contribution in [3.8, 4) is 0 Å². The molecule has 0 saturated heterocycles. The molecule has 0 aliphatic heterocycles. The molecule has 0 aliphatic carbocycles. The highest BCUT2D eigenvalue weighted by molar-refractivity contribution is 5.96. The molecule has 3 aromatic carbocycles. The van der Waals surface area contributed by atoms with Crippen LogP contribution >= 0.6 is 0 Å². The van der Waals surface area contributed by atoms with Crippen molar-refractivity contribution in [3.05, 3.63) is 95.6 Å². The number of hydrogen-bond donors (Lipinski definition) is 3. The standard InChI is InChI=1S/C24H23N3O4/c1-31-24(30)19-9-11-20(12-10-19)25-16-22(28)27-21-13-7-18(8-14-21)23(29)26-15-17-5-3-2-4-6-17/h2-14,25H,15-16H2,1H3,(H,26,29)(H,27,28). The second kappa shape index (κ2) is 10.6. The van der Waals surface area contributed by atoms with E-state index < -0.39 is 5.97 Å². The average Bonchev–Trinajstić information content (AvgIpc) is 2.82. The molecule has 2 amide bonds. The molecule has 0 fully saturated rings. The van der Waals surface area contributed by atoms with Gasteiger partial charge in [0.15, 0.2) is 0 Å². The molecule has 7 nitrogen and oxygen atoms in total. The lowest BCUT2D eigenvalue weighted by molar-refractivity contribution is -0.114. The van der Waals surface area contributed by atoms with E-state index in [2.05, 4.69) is 20.7 Å². The van der Waals surface area contributed by atoms with Crippen LogP contribution in [0.2, 0.25) is 0 Å². The van der Waals surface area contributed by atoms with Crippen molar-refractivity contribution in [1.82, 2.24) is 5.32 Å². The van der Waals surface area contributed by atoms with Gasteiger partial charge in [-0.2, -0.15) is 0 Å². The first-order valence-electron chi connectivity index (χ1n) is 9.69. The number of ether oxygens (including phenoxy) is 1. The first-order valence-corrected chi connectivity index (χ1v) is 9.69. The lowest BCUT2D eigenvalue weighted by Crippen LogP contribution is -2.23. The van der Waals surface area contributed by atoms with Gasteiger partial charge in [0.2, 0.25) is 5.91 Å². The Morgan fingerprint density at radius 3 is 2.03 bits per heavy atom. The number of benzene rings is 3. The van der Waals surface area contributed by atoms with Crippen molar-refractivity contribution < 1.29 is 19.1 Å². The lowest BCUT2D eigenvalue weighted by atomic mass is 10.1. The number of methoxy groups -OCH3 is 1. The Labute approximate surface area is 180 Å². The molecule has 0 atom stereocenters. The van der Waals surface area contributed by atoms with E-state index in [-0.39, 0.29) is 18.4 Å². The molecular formula is C24H23N3O4. The number of hydrogen-bond acceptors (Lipinski definition) is 5. The maximum absolute atomic E-state index is 12.3. The maximum atomic E-state index is 12.3. The molecule has 3 N–H and O–H groups in total. The van der Waals surface area contributed by atoms with Crippen LogP contribution in [0, 0.1) is 0 Å². The first kappa shape index (κ1) is 21.6. The van der Waals surface area contributed by atoms with Gasteiger partial charge in [0.05, 0.1) is 19.2 Å². The maximum Gasteiger partial charge on any atom is 0.337 e. The minimum absolute atomic E-state index is 0.0525. The van der Waals surface area contributed by atoms with Crippen molar-refractivity contribution in [2.45, 2.75) is 6.54 Å². The second-order valence-corrected chi connectivity index (χ2v) is 6.72. The fourth-order valence-corrected chi connectivity index (χ4v) is 2.81. The number of anilines is 2. The third-order valence-electron chi connectivity index (χ3n) is 4.49. The van der Waals surface area contributed by atoms with Gasteiger partial charge in [0, 0.05) is 23.5 Å². The summed E-state index contributed by atoms with van der Waals surface area (Å²) < 4.78 is 4.65. The van der Waals surface area contributed by atoms with Crippen LogP contribution in [0.4, 0.5) is 11.4 Å². The van der Waals surface area contributed by atoms with Gasteiger partial charge >= 0.3 is 5.97 Å². The van der Waals surface area contributed by atoms with Gasteiger partial charge in [0.25, 0.3) is 5.91 Å². The molecular weight excluding hydrogens is 394 g/mol. The first-order chi connectivity index (χ1) is 15.0. The number of nitrogens with one attached hydrogen (secondary N) is 3. The van der Waals surface area contributed by atoms with Crippen molar-refractivity contribution >= 4 is 29.2 Å². The summed E-state index contributed by atoms with van der Waals surface area (Å²) >= 11 is 0. The fraction of sp³-hybridized carbons (Fsp3) is 0.125. The molecule has 0 unspecified atom stereocenters. The van der Waals surface area contributed by atoms with Crippen molar-refractivity contribution in [2.75, 3.05) is 24.3 Å². The number of rotatable bonds is 8. The Kier molecular flexibility index (Phi) is 7.37. The van der Waals surface area contributed by atoms with E-state index in [1.54, 1.807) is 48.5 Å². The topological polar surface area (TPSA) is 96.5 Å². The quantitative estimate of drug-likeness (QED) is 0.488. The molecule has 0 aromatic heterocycles. The summed E-state index contributed by atoms with van der Waals surface area (Å²) in [5.74, 6) is -0.835. The van der Waals surface area contributed by atoms with E-state index in [1.165, 1.54) is 7.11 Å². The van der Waals surface area contributed by atoms with Gasteiger partial charge in [-0.3, -0.25) is 9.59 Å². The number of esters is 1. The van der Waals surface area contributed by atoms with E-state index in [9.17, 15) is 14.4 Å². The molecule has 0 heterocycles. The summed E-state index contributed by atoms with van der Waals surface area (Å²) in [5.41, 5.74) is 3.26. The van der Waals surface area contributed by atoms with Crippen molar-refractivity contribution in [1.29, 1.82) is 0 Å². The van der Waals surface area contributed by atoms with Crippen LogP contribution in [0.15, 0.2) is 78.9 Å². The summed E-state index contributed by atoms with van der Waals surface area (Å²) in [5, 5.41) is 8.61. The molecule has 0 radical (unpaired) electrons. The molecule has 158 valence electrons. The van der Waals surface area contributed by atoms with Crippen LogP contribution in [0.5, 0.6) is 0 Å². The van der Waals surface area contributed by atoms with Gasteiger partial charge < -0.3 is 20.7 Å². The Morgan fingerprint density at radius 2 is 1.39 bits per heavy atom. The summed E-state index contributed by atoms with van der Waals surface area (Å²) in [7, 11) is 1.32. The summed E-state index contributed by atoms with van der Waals surface area (Å²) in [6, 6.07) is 23.0. The largest absolute Gasteiger partial charge is 0.465 e. The van der Waals surface area contributed by atoms with Crippen LogP contribution in [-0.4, -0.2) is 31.4 Å². The van der Waals surface area contributed by atoms with Crippen molar-refractivity contribution in [2.24, 2.45) is 0 Å². The molecule has 3 rings (SSSR count). The van der Waals surface area contributed by atoms with Gasteiger partial charge in [-0.25, -0.2) is 4.79 Å². The van der Waals surface area contributed by atoms with E-state index in [0.717, 1.165) is 5.56 Å².